The fourth-order valence-electron chi connectivity index (χ4n) is 2.46. The zero-order valence-electron chi connectivity index (χ0n) is 12.7. The molecular formula is C18H13BrFNO3. The molecule has 0 saturated carbocycles. The molecule has 0 aliphatic carbocycles. The second kappa shape index (κ2) is 7.81. The monoisotopic (exact) mass is 389 g/mol. The minimum atomic E-state index is -0.295. The lowest BCUT2D eigenvalue weighted by molar-refractivity contribution is -0.191. The summed E-state index contributed by atoms with van der Waals surface area (Å²) in [6.07, 6.45) is 2.01. The summed E-state index contributed by atoms with van der Waals surface area (Å²) >= 11 is 3.38. The highest BCUT2D eigenvalue weighted by atomic mass is 79.9. The minimum Gasteiger partial charge on any atom is -0.308 e. The maximum Gasteiger partial charge on any atom is 0.373 e. The lowest BCUT2D eigenvalue weighted by atomic mass is 10.1. The van der Waals surface area contributed by atoms with Crippen molar-refractivity contribution in [1.29, 1.82) is 0 Å². The summed E-state index contributed by atoms with van der Waals surface area (Å²) in [5.74, 6) is -0.295. The molecule has 2 aromatic carbocycles. The number of pyridine rings is 1. The van der Waals surface area contributed by atoms with Crippen LogP contribution in [0.3, 0.4) is 0 Å². The lowest BCUT2D eigenvalue weighted by Crippen LogP contribution is -2.23. The van der Waals surface area contributed by atoms with Crippen molar-refractivity contribution in [2.45, 2.75) is 13.0 Å². The molecule has 3 rings (SSSR count). The van der Waals surface area contributed by atoms with Gasteiger partial charge in [-0.3, -0.25) is 4.79 Å². The summed E-state index contributed by atoms with van der Waals surface area (Å²) in [5.41, 5.74) is 0.692. The van der Waals surface area contributed by atoms with Gasteiger partial charge in [-0.05, 0) is 48.2 Å². The molecule has 122 valence electrons. The number of benzene rings is 2. The Bertz CT molecular complexity index is 962. The molecule has 1 unspecified atom stereocenters. The van der Waals surface area contributed by atoms with E-state index in [2.05, 4.69) is 15.9 Å². The van der Waals surface area contributed by atoms with Gasteiger partial charge in [-0.15, -0.1) is 0 Å². The highest BCUT2D eigenvalue weighted by molar-refractivity contribution is 9.10. The molecule has 1 atom stereocenters. The Kier molecular flexibility index (Phi) is 5.79. The summed E-state index contributed by atoms with van der Waals surface area (Å²) in [6.45, 7) is 1.89. The van der Waals surface area contributed by atoms with Gasteiger partial charge in [-0.2, -0.15) is 9.59 Å². The van der Waals surface area contributed by atoms with Crippen molar-refractivity contribution in [2.75, 3.05) is 0 Å². The van der Waals surface area contributed by atoms with E-state index in [1.807, 2.05) is 37.3 Å². The van der Waals surface area contributed by atoms with E-state index < -0.39 is 0 Å². The molecular weight excluding hydrogens is 377 g/mol. The first-order valence-corrected chi connectivity index (χ1v) is 7.82. The van der Waals surface area contributed by atoms with E-state index in [1.54, 1.807) is 16.8 Å². The molecule has 1 aromatic heterocycles. The van der Waals surface area contributed by atoms with Crippen LogP contribution >= 0.6 is 15.9 Å². The van der Waals surface area contributed by atoms with Gasteiger partial charge in [0.15, 0.2) is 0 Å². The van der Waals surface area contributed by atoms with Crippen molar-refractivity contribution in [2.24, 2.45) is 0 Å². The molecule has 0 spiro atoms. The first-order chi connectivity index (χ1) is 11.5. The molecule has 0 aliphatic rings. The third kappa shape index (κ3) is 3.85. The first-order valence-electron chi connectivity index (χ1n) is 7.03. The van der Waals surface area contributed by atoms with Crippen LogP contribution in [0.4, 0.5) is 4.39 Å². The summed E-state index contributed by atoms with van der Waals surface area (Å²) < 4.78 is 15.8. The molecule has 0 aliphatic heterocycles. The highest BCUT2D eigenvalue weighted by Crippen LogP contribution is 2.20. The molecule has 0 bridgehead atoms. The van der Waals surface area contributed by atoms with Crippen LogP contribution in [0.1, 0.15) is 18.5 Å². The largest absolute Gasteiger partial charge is 0.373 e. The van der Waals surface area contributed by atoms with Crippen LogP contribution in [-0.4, -0.2) is 10.7 Å². The van der Waals surface area contributed by atoms with Crippen molar-refractivity contribution in [3.05, 3.63) is 80.9 Å². The molecule has 0 amide bonds. The topological polar surface area (TPSA) is 56.1 Å². The van der Waals surface area contributed by atoms with Crippen molar-refractivity contribution in [3.63, 3.8) is 0 Å². The van der Waals surface area contributed by atoms with Crippen LogP contribution in [0.25, 0.3) is 10.8 Å². The molecule has 0 N–H and O–H groups in total. The molecule has 0 saturated heterocycles. The summed E-state index contributed by atoms with van der Waals surface area (Å²) in [7, 11) is 0. The zero-order valence-corrected chi connectivity index (χ0v) is 14.3. The molecule has 1 heterocycles. The molecule has 0 radical (unpaired) electrons. The van der Waals surface area contributed by atoms with Crippen molar-refractivity contribution < 1.29 is 14.0 Å². The summed E-state index contributed by atoms with van der Waals surface area (Å²) in [4.78, 5) is 28.9. The van der Waals surface area contributed by atoms with Crippen LogP contribution in [0.5, 0.6) is 0 Å². The number of hydrogen-bond donors (Lipinski definition) is 0. The summed E-state index contributed by atoms with van der Waals surface area (Å²) in [5, 5.41) is 1.54. The fraction of sp³-hybridized carbons (Fsp3) is 0.111. The quantitative estimate of drug-likeness (QED) is 0.667. The molecule has 24 heavy (non-hydrogen) atoms. The maximum absolute atomic E-state index is 13.4. The van der Waals surface area contributed by atoms with Crippen LogP contribution in [0.2, 0.25) is 0 Å². The Balaban J connectivity index is 0.000000647. The highest BCUT2D eigenvalue weighted by Gasteiger charge is 2.12. The summed E-state index contributed by atoms with van der Waals surface area (Å²) in [6, 6.07) is 13.6. The fourth-order valence-corrected chi connectivity index (χ4v) is 2.82. The first kappa shape index (κ1) is 17.8. The Hall–Kier alpha value is -2.56. The Morgan fingerprint density at radius 2 is 1.83 bits per heavy atom. The predicted octanol–water partition coefficient (Wildman–Crippen LogP) is 3.93. The molecule has 3 aromatic rings. The van der Waals surface area contributed by atoms with Crippen molar-refractivity contribution >= 4 is 32.9 Å². The molecule has 6 heteroatoms. The van der Waals surface area contributed by atoms with Crippen molar-refractivity contribution in [3.8, 4) is 0 Å². The van der Waals surface area contributed by atoms with Gasteiger partial charge in [-0.25, -0.2) is 4.39 Å². The van der Waals surface area contributed by atoms with Gasteiger partial charge in [0, 0.05) is 16.1 Å². The second-order valence-electron chi connectivity index (χ2n) is 5.07. The minimum absolute atomic E-state index is 0.0782. The number of halogens is 2. The zero-order chi connectivity index (χ0) is 17.7. The standard InChI is InChI=1S/C17H13BrFNO.CO2/c1-11(13-3-2-4-15(19)9-13)20-8-7-12-5-6-14(18)10-16(12)17(20)21;2-1-3/h2-11H,1H3;. The second-order valence-corrected chi connectivity index (χ2v) is 5.99. The van der Waals surface area contributed by atoms with E-state index in [-0.39, 0.29) is 23.6 Å². The Morgan fingerprint density at radius 1 is 1.12 bits per heavy atom. The van der Waals surface area contributed by atoms with Crippen LogP contribution in [-0.2, 0) is 9.59 Å². The van der Waals surface area contributed by atoms with E-state index in [1.165, 1.54) is 12.1 Å². The third-order valence-electron chi connectivity index (χ3n) is 3.64. The number of aromatic nitrogens is 1. The van der Waals surface area contributed by atoms with Gasteiger partial charge in [0.1, 0.15) is 5.82 Å². The Morgan fingerprint density at radius 3 is 2.50 bits per heavy atom. The number of rotatable bonds is 2. The smallest absolute Gasteiger partial charge is 0.308 e. The maximum atomic E-state index is 13.4. The van der Waals surface area contributed by atoms with Gasteiger partial charge in [0.25, 0.3) is 5.56 Å². The van der Waals surface area contributed by atoms with E-state index in [9.17, 15) is 9.18 Å². The van der Waals surface area contributed by atoms with E-state index >= 15 is 0 Å². The normalized spacial score (nSPS) is 11.3. The van der Waals surface area contributed by atoms with Gasteiger partial charge in [0.2, 0.25) is 0 Å². The van der Waals surface area contributed by atoms with Gasteiger partial charge < -0.3 is 4.57 Å². The average molecular weight is 390 g/mol. The van der Waals surface area contributed by atoms with E-state index in [0.29, 0.717) is 5.39 Å². The molecule has 4 nitrogen and oxygen atoms in total. The number of hydrogen-bond acceptors (Lipinski definition) is 3. The predicted molar refractivity (Wildman–Crippen MR) is 91.1 cm³/mol. The van der Waals surface area contributed by atoms with E-state index in [4.69, 9.17) is 9.59 Å². The lowest BCUT2D eigenvalue weighted by Gasteiger charge is -2.16. The SMILES string of the molecule is CC(c1cccc(F)c1)n1ccc2ccc(Br)cc2c1=O.O=C=O. The number of carbonyl (C=O) groups excluding carboxylic acids is 2. The van der Waals surface area contributed by atoms with Gasteiger partial charge >= 0.3 is 6.15 Å². The number of nitrogens with zero attached hydrogens (tertiary/aromatic N) is 1. The number of fused-ring (bicyclic) bond motifs is 1. The van der Waals surface area contributed by atoms with Crippen LogP contribution < -0.4 is 5.56 Å². The van der Waals surface area contributed by atoms with Crippen LogP contribution in [0, 0.1) is 5.82 Å². The van der Waals surface area contributed by atoms with Gasteiger partial charge in [-0.1, -0.05) is 34.1 Å². The average Bonchev–Trinajstić information content (AvgIpc) is 2.56. The van der Waals surface area contributed by atoms with E-state index in [0.717, 1.165) is 15.4 Å². The van der Waals surface area contributed by atoms with Crippen molar-refractivity contribution in [1.82, 2.24) is 4.57 Å². The Labute approximate surface area is 145 Å². The van der Waals surface area contributed by atoms with Gasteiger partial charge in [0.05, 0.1) is 6.04 Å². The van der Waals surface area contributed by atoms with Crippen LogP contribution in [0.15, 0.2) is 64.0 Å². The third-order valence-corrected chi connectivity index (χ3v) is 4.14. The molecule has 0 fully saturated rings.